The minimum atomic E-state index is -0.789. The van der Waals surface area contributed by atoms with E-state index in [2.05, 4.69) is 13.8 Å². The van der Waals surface area contributed by atoms with Crippen molar-refractivity contribution in [1.82, 2.24) is 4.90 Å². The van der Waals surface area contributed by atoms with Crippen molar-refractivity contribution < 1.29 is 14.7 Å². The number of hydrogen-bond acceptors (Lipinski definition) is 2. The highest BCUT2D eigenvalue weighted by Crippen LogP contribution is 2.40. The topological polar surface area (TPSA) is 57.6 Å². The zero-order valence-electron chi connectivity index (χ0n) is 12.7. The highest BCUT2D eigenvalue weighted by atomic mass is 16.4. The van der Waals surface area contributed by atoms with Crippen molar-refractivity contribution in [3.63, 3.8) is 0 Å². The van der Waals surface area contributed by atoms with Crippen LogP contribution in [0.25, 0.3) is 0 Å². The Morgan fingerprint density at radius 1 is 1.00 bits per heavy atom. The quantitative estimate of drug-likeness (QED) is 0.862. The first kappa shape index (κ1) is 15.3. The predicted molar refractivity (Wildman–Crippen MR) is 77.2 cm³/mol. The molecule has 0 bridgehead atoms. The second-order valence-corrected chi connectivity index (χ2v) is 6.47. The Labute approximate surface area is 121 Å². The van der Waals surface area contributed by atoms with Gasteiger partial charge >= 0.3 is 5.97 Å². The normalized spacial score (nSPS) is 31.5. The van der Waals surface area contributed by atoms with Gasteiger partial charge in [-0.1, -0.05) is 26.7 Å². The number of carbonyl (C=O) groups excluding carboxylic acids is 1. The van der Waals surface area contributed by atoms with Gasteiger partial charge in [0.05, 0.1) is 11.8 Å². The molecule has 4 heteroatoms. The highest BCUT2D eigenvalue weighted by Gasteiger charge is 2.43. The van der Waals surface area contributed by atoms with E-state index in [1.807, 2.05) is 4.90 Å². The van der Waals surface area contributed by atoms with E-state index in [0.29, 0.717) is 12.3 Å². The maximum atomic E-state index is 12.6. The maximum Gasteiger partial charge on any atom is 0.307 e. The van der Waals surface area contributed by atoms with Gasteiger partial charge in [-0.15, -0.1) is 0 Å². The summed E-state index contributed by atoms with van der Waals surface area (Å²) in [5.74, 6) is -0.294. The molecule has 2 rings (SSSR count). The fourth-order valence-electron chi connectivity index (χ4n) is 3.82. The number of rotatable bonds is 4. The van der Waals surface area contributed by atoms with E-state index in [9.17, 15) is 14.7 Å². The number of aliphatic carboxylic acids is 1. The lowest BCUT2D eigenvalue weighted by Crippen LogP contribution is -2.43. The van der Waals surface area contributed by atoms with Gasteiger partial charge in [0.25, 0.3) is 0 Å². The van der Waals surface area contributed by atoms with Gasteiger partial charge in [0.15, 0.2) is 0 Å². The molecular formula is C16H27NO3. The molecule has 1 saturated carbocycles. The van der Waals surface area contributed by atoms with Crippen LogP contribution in [0, 0.1) is 23.7 Å². The summed E-state index contributed by atoms with van der Waals surface area (Å²) in [5, 5.41) is 9.35. The molecule has 1 amide bonds. The molecule has 1 N–H and O–H groups in total. The standard InChI is InChI=1S/C16H27NO3/c1-3-11-5-7-17(8-6-11)15(18)13-9-12(4-2)10-14(13)16(19)20/h11-14H,3-10H2,1-2H3,(H,19,20)/t12?,13-,14+/m0/s1. The molecule has 0 aromatic heterocycles. The number of piperidine rings is 1. The first-order valence-electron chi connectivity index (χ1n) is 8.08. The van der Waals surface area contributed by atoms with Crippen LogP contribution < -0.4 is 0 Å². The van der Waals surface area contributed by atoms with Gasteiger partial charge in [0, 0.05) is 13.1 Å². The van der Waals surface area contributed by atoms with Crippen molar-refractivity contribution in [2.75, 3.05) is 13.1 Å². The molecule has 4 nitrogen and oxygen atoms in total. The molecule has 114 valence electrons. The van der Waals surface area contributed by atoms with Crippen molar-refractivity contribution >= 4 is 11.9 Å². The van der Waals surface area contributed by atoms with Gasteiger partial charge in [-0.3, -0.25) is 9.59 Å². The number of carboxylic acids is 1. The number of carboxylic acid groups (broad SMARTS) is 1. The Balaban J connectivity index is 1.99. The molecule has 0 aromatic rings. The molecule has 3 atom stereocenters. The third-order valence-electron chi connectivity index (χ3n) is 5.38. The molecule has 1 heterocycles. The smallest absolute Gasteiger partial charge is 0.307 e. The van der Waals surface area contributed by atoms with Crippen LogP contribution in [0.2, 0.25) is 0 Å². The molecular weight excluding hydrogens is 254 g/mol. The third-order valence-corrected chi connectivity index (χ3v) is 5.38. The molecule has 1 aliphatic heterocycles. The minimum Gasteiger partial charge on any atom is -0.481 e. The van der Waals surface area contributed by atoms with Crippen LogP contribution in [-0.2, 0) is 9.59 Å². The molecule has 1 saturated heterocycles. The van der Waals surface area contributed by atoms with Crippen LogP contribution >= 0.6 is 0 Å². The Morgan fingerprint density at radius 3 is 2.05 bits per heavy atom. The van der Waals surface area contributed by atoms with Gasteiger partial charge in [-0.25, -0.2) is 0 Å². The maximum absolute atomic E-state index is 12.6. The van der Waals surface area contributed by atoms with Crippen LogP contribution in [0.4, 0.5) is 0 Å². The van der Waals surface area contributed by atoms with Gasteiger partial charge in [-0.05, 0) is 37.5 Å². The monoisotopic (exact) mass is 281 g/mol. The van der Waals surface area contributed by atoms with E-state index in [0.717, 1.165) is 44.7 Å². The lowest BCUT2D eigenvalue weighted by atomic mass is 9.91. The van der Waals surface area contributed by atoms with Gasteiger partial charge < -0.3 is 10.0 Å². The first-order chi connectivity index (χ1) is 9.56. The summed E-state index contributed by atoms with van der Waals surface area (Å²) < 4.78 is 0. The first-order valence-corrected chi connectivity index (χ1v) is 8.08. The number of nitrogens with zero attached hydrogens (tertiary/aromatic N) is 1. The Hall–Kier alpha value is -1.06. The van der Waals surface area contributed by atoms with Crippen molar-refractivity contribution in [2.24, 2.45) is 23.7 Å². The summed E-state index contributed by atoms with van der Waals surface area (Å²) in [7, 11) is 0. The van der Waals surface area contributed by atoms with Crippen LogP contribution in [0.15, 0.2) is 0 Å². The van der Waals surface area contributed by atoms with Crippen molar-refractivity contribution in [2.45, 2.75) is 52.4 Å². The summed E-state index contributed by atoms with van der Waals surface area (Å²) in [6.07, 6.45) is 5.74. The SMILES string of the molecule is CCC1CCN(C(=O)[C@H]2CC(CC)C[C@H]2C(=O)O)CC1. The fourth-order valence-corrected chi connectivity index (χ4v) is 3.82. The van der Waals surface area contributed by atoms with Crippen LogP contribution in [0.5, 0.6) is 0 Å². The summed E-state index contributed by atoms with van der Waals surface area (Å²) in [4.78, 5) is 25.9. The van der Waals surface area contributed by atoms with Gasteiger partial charge in [0.1, 0.15) is 0 Å². The third kappa shape index (κ3) is 3.15. The van der Waals surface area contributed by atoms with E-state index in [-0.39, 0.29) is 11.8 Å². The molecule has 1 aliphatic carbocycles. The zero-order valence-corrected chi connectivity index (χ0v) is 12.7. The van der Waals surface area contributed by atoms with Crippen molar-refractivity contribution in [3.05, 3.63) is 0 Å². The Bertz CT molecular complexity index is 361. The lowest BCUT2D eigenvalue weighted by molar-refractivity contribution is -0.149. The van der Waals surface area contributed by atoms with E-state index in [4.69, 9.17) is 0 Å². The summed E-state index contributed by atoms with van der Waals surface area (Å²) in [6, 6.07) is 0. The molecule has 2 aliphatic rings. The minimum absolute atomic E-state index is 0.0999. The van der Waals surface area contributed by atoms with E-state index >= 15 is 0 Å². The van der Waals surface area contributed by atoms with Crippen LogP contribution in [0.3, 0.4) is 0 Å². The average Bonchev–Trinajstić information content (AvgIpc) is 2.91. The lowest BCUT2D eigenvalue weighted by Gasteiger charge is -2.34. The van der Waals surface area contributed by atoms with E-state index in [1.54, 1.807) is 0 Å². The average molecular weight is 281 g/mol. The zero-order chi connectivity index (χ0) is 14.7. The number of likely N-dealkylation sites (tertiary alicyclic amines) is 1. The predicted octanol–water partition coefficient (Wildman–Crippen LogP) is 2.77. The molecule has 0 spiro atoms. The largest absolute Gasteiger partial charge is 0.481 e. The second-order valence-electron chi connectivity index (χ2n) is 6.47. The molecule has 20 heavy (non-hydrogen) atoms. The second kappa shape index (κ2) is 6.59. The molecule has 2 fully saturated rings. The number of carbonyl (C=O) groups is 2. The Morgan fingerprint density at radius 2 is 1.55 bits per heavy atom. The number of hydrogen-bond donors (Lipinski definition) is 1. The summed E-state index contributed by atoms with van der Waals surface area (Å²) >= 11 is 0. The van der Waals surface area contributed by atoms with Crippen molar-refractivity contribution in [3.8, 4) is 0 Å². The Kier molecular flexibility index (Phi) is 5.06. The van der Waals surface area contributed by atoms with E-state index in [1.165, 1.54) is 6.42 Å². The summed E-state index contributed by atoms with van der Waals surface area (Å²) in [5.41, 5.74) is 0. The van der Waals surface area contributed by atoms with Crippen molar-refractivity contribution in [1.29, 1.82) is 0 Å². The number of amides is 1. The van der Waals surface area contributed by atoms with Gasteiger partial charge in [0.2, 0.25) is 5.91 Å². The van der Waals surface area contributed by atoms with Crippen LogP contribution in [-0.4, -0.2) is 35.0 Å². The van der Waals surface area contributed by atoms with Gasteiger partial charge in [-0.2, -0.15) is 0 Å². The molecule has 1 unspecified atom stereocenters. The fraction of sp³-hybridized carbons (Fsp3) is 0.875. The highest BCUT2D eigenvalue weighted by molar-refractivity contribution is 5.85. The van der Waals surface area contributed by atoms with E-state index < -0.39 is 11.9 Å². The molecule has 0 aromatic carbocycles. The summed E-state index contributed by atoms with van der Waals surface area (Å²) in [6.45, 7) is 5.92. The van der Waals surface area contributed by atoms with Crippen LogP contribution in [0.1, 0.15) is 52.4 Å². The molecule has 0 radical (unpaired) electrons.